The van der Waals surface area contributed by atoms with Crippen molar-refractivity contribution in [3.05, 3.63) is 0 Å². The van der Waals surface area contributed by atoms with Crippen molar-refractivity contribution in [2.45, 2.75) is 18.9 Å². The van der Waals surface area contributed by atoms with E-state index in [4.69, 9.17) is 4.74 Å². The van der Waals surface area contributed by atoms with E-state index in [0.717, 1.165) is 25.3 Å². The molecule has 1 atom stereocenters. The Morgan fingerprint density at radius 3 is 3.22 bits per heavy atom. The third kappa shape index (κ3) is 2.56. The summed E-state index contributed by atoms with van der Waals surface area (Å²) >= 11 is 1.82. The summed E-state index contributed by atoms with van der Waals surface area (Å²) < 4.78 is 5.37. The van der Waals surface area contributed by atoms with E-state index < -0.39 is 0 Å². The minimum Gasteiger partial charge on any atom is -0.354 e. The summed E-state index contributed by atoms with van der Waals surface area (Å²) in [6.07, 6.45) is 1.15. The van der Waals surface area contributed by atoms with Crippen LogP contribution in [-0.2, 0) is 4.74 Å². The Bertz CT molecular complexity index is 70.7. The molecule has 2 nitrogen and oxygen atoms in total. The van der Waals surface area contributed by atoms with Gasteiger partial charge in [-0.15, -0.1) is 11.8 Å². The van der Waals surface area contributed by atoms with Gasteiger partial charge in [-0.05, 0) is 12.2 Å². The third-order valence-electron chi connectivity index (χ3n) is 1.22. The lowest BCUT2D eigenvalue weighted by Gasteiger charge is -2.22. The van der Waals surface area contributed by atoms with Gasteiger partial charge in [0, 0.05) is 6.54 Å². The van der Waals surface area contributed by atoms with Crippen molar-refractivity contribution >= 4 is 11.8 Å². The van der Waals surface area contributed by atoms with Crippen molar-refractivity contribution in [2.24, 2.45) is 0 Å². The smallest absolute Gasteiger partial charge is 0.156 e. The predicted octanol–water partition coefficient (Wildman–Crippen LogP) is 1.03. The number of rotatable bonds is 2. The van der Waals surface area contributed by atoms with E-state index in [1.165, 1.54) is 0 Å². The topological polar surface area (TPSA) is 21.3 Å². The van der Waals surface area contributed by atoms with Crippen LogP contribution in [-0.4, -0.2) is 24.5 Å². The van der Waals surface area contributed by atoms with E-state index >= 15 is 0 Å². The first kappa shape index (κ1) is 7.38. The van der Waals surface area contributed by atoms with Gasteiger partial charge in [-0.3, -0.25) is 5.32 Å². The van der Waals surface area contributed by atoms with E-state index in [0.29, 0.717) is 0 Å². The summed E-state index contributed by atoms with van der Waals surface area (Å²) in [5.41, 5.74) is 0.267. The first-order valence-electron chi connectivity index (χ1n) is 3.40. The zero-order chi connectivity index (χ0) is 6.53. The van der Waals surface area contributed by atoms with Crippen LogP contribution in [0, 0.1) is 0 Å². The SMILES string of the molecule is CCSC1NCCCO1. The van der Waals surface area contributed by atoms with Crippen LogP contribution >= 0.6 is 11.8 Å². The molecule has 0 bridgehead atoms. The molecule has 0 aromatic carbocycles. The van der Waals surface area contributed by atoms with Gasteiger partial charge >= 0.3 is 0 Å². The number of ether oxygens (including phenoxy) is 1. The molecule has 1 fully saturated rings. The fourth-order valence-corrected chi connectivity index (χ4v) is 1.53. The van der Waals surface area contributed by atoms with Gasteiger partial charge in [0.1, 0.15) is 0 Å². The van der Waals surface area contributed by atoms with Gasteiger partial charge in [-0.2, -0.15) is 0 Å². The summed E-state index contributed by atoms with van der Waals surface area (Å²) in [4.78, 5) is 0. The summed E-state index contributed by atoms with van der Waals surface area (Å²) in [7, 11) is 0. The average molecular weight is 147 g/mol. The Balaban J connectivity index is 2.08. The second-order valence-corrected chi connectivity index (χ2v) is 3.30. The van der Waals surface area contributed by atoms with Crippen molar-refractivity contribution in [3.8, 4) is 0 Å². The standard InChI is InChI=1S/C6H13NOS/c1-2-9-6-7-4-3-5-8-6/h6-7H,2-5H2,1H3. The van der Waals surface area contributed by atoms with Gasteiger partial charge in [0.05, 0.1) is 6.61 Å². The fraction of sp³-hybridized carbons (Fsp3) is 1.00. The second-order valence-electron chi connectivity index (χ2n) is 1.97. The highest BCUT2D eigenvalue weighted by atomic mass is 32.2. The van der Waals surface area contributed by atoms with Gasteiger partial charge in [0.25, 0.3) is 0 Å². The summed E-state index contributed by atoms with van der Waals surface area (Å²) in [5.74, 6) is 1.12. The molecule has 1 N–H and O–H groups in total. The van der Waals surface area contributed by atoms with Crippen LogP contribution in [0.4, 0.5) is 0 Å². The molecule has 0 aromatic heterocycles. The molecule has 1 saturated heterocycles. The van der Waals surface area contributed by atoms with Gasteiger partial charge in [-0.25, -0.2) is 0 Å². The van der Waals surface area contributed by atoms with E-state index in [2.05, 4.69) is 12.2 Å². The van der Waals surface area contributed by atoms with Crippen LogP contribution in [0.25, 0.3) is 0 Å². The van der Waals surface area contributed by atoms with E-state index in [1.54, 1.807) is 0 Å². The molecule has 0 aliphatic carbocycles. The number of hydrogen-bond donors (Lipinski definition) is 1. The fourth-order valence-electron chi connectivity index (χ4n) is 0.800. The molecule has 1 aliphatic heterocycles. The number of nitrogens with one attached hydrogen (secondary N) is 1. The second kappa shape index (κ2) is 4.14. The Labute approximate surface area is 60.3 Å². The molecule has 0 spiro atoms. The van der Waals surface area contributed by atoms with Crippen LogP contribution < -0.4 is 5.32 Å². The van der Waals surface area contributed by atoms with Gasteiger partial charge < -0.3 is 4.74 Å². The van der Waals surface area contributed by atoms with Crippen LogP contribution in [0.15, 0.2) is 0 Å². The monoisotopic (exact) mass is 147 g/mol. The zero-order valence-electron chi connectivity index (χ0n) is 5.72. The van der Waals surface area contributed by atoms with Crippen molar-refractivity contribution < 1.29 is 4.74 Å². The zero-order valence-corrected chi connectivity index (χ0v) is 6.54. The molecule has 9 heavy (non-hydrogen) atoms. The molecule has 0 radical (unpaired) electrons. The molecule has 0 amide bonds. The maximum absolute atomic E-state index is 5.37. The van der Waals surface area contributed by atoms with Crippen molar-refractivity contribution in [1.82, 2.24) is 5.32 Å². The Hall–Kier alpha value is 0.270. The summed E-state index contributed by atoms with van der Waals surface area (Å²) in [5, 5.41) is 3.26. The summed E-state index contributed by atoms with van der Waals surface area (Å²) in [6, 6.07) is 0. The average Bonchev–Trinajstić information content (AvgIpc) is 1.91. The molecule has 0 saturated carbocycles. The molecule has 54 valence electrons. The predicted molar refractivity (Wildman–Crippen MR) is 40.5 cm³/mol. The highest BCUT2D eigenvalue weighted by Crippen LogP contribution is 2.11. The van der Waals surface area contributed by atoms with Gasteiger partial charge in [0.2, 0.25) is 0 Å². The molecule has 1 rings (SSSR count). The van der Waals surface area contributed by atoms with Crippen LogP contribution in [0.5, 0.6) is 0 Å². The normalized spacial score (nSPS) is 28.3. The summed E-state index contributed by atoms with van der Waals surface area (Å²) in [6.45, 7) is 4.17. The Morgan fingerprint density at radius 1 is 1.78 bits per heavy atom. The maximum Gasteiger partial charge on any atom is 0.156 e. The molecule has 1 heterocycles. The van der Waals surface area contributed by atoms with E-state index in [1.807, 2.05) is 11.8 Å². The minimum atomic E-state index is 0.267. The van der Waals surface area contributed by atoms with Crippen molar-refractivity contribution in [3.63, 3.8) is 0 Å². The van der Waals surface area contributed by atoms with E-state index in [-0.39, 0.29) is 5.56 Å². The lowest BCUT2D eigenvalue weighted by Crippen LogP contribution is -2.35. The number of hydrogen-bond acceptors (Lipinski definition) is 3. The minimum absolute atomic E-state index is 0.267. The van der Waals surface area contributed by atoms with Crippen LogP contribution in [0.1, 0.15) is 13.3 Å². The molecule has 1 unspecified atom stereocenters. The first-order chi connectivity index (χ1) is 4.43. The lowest BCUT2D eigenvalue weighted by atomic mass is 10.4. The highest BCUT2D eigenvalue weighted by Gasteiger charge is 2.10. The van der Waals surface area contributed by atoms with Gasteiger partial charge in [-0.1, -0.05) is 6.92 Å². The lowest BCUT2D eigenvalue weighted by molar-refractivity contribution is 0.0598. The van der Waals surface area contributed by atoms with Gasteiger partial charge in [0.15, 0.2) is 5.56 Å². The largest absolute Gasteiger partial charge is 0.354 e. The van der Waals surface area contributed by atoms with Crippen LogP contribution in [0.2, 0.25) is 0 Å². The molecule has 1 aliphatic rings. The molecular formula is C6H13NOS. The molecule has 3 heteroatoms. The molecular weight excluding hydrogens is 134 g/mol. The molecule has 0 aromatic rings. The van der Waals surface area contributed by atoms with Crippen molar-refractivity contribution in [1.29, 1.82) is 0 Å². The third-order valence-corrected chi connectivity index (χ3v) is 2.16. The van der Waals surface area contributed by atoms with Crippen LogP contribution in [0.3, 0.4) is 0 Å². The van der Waals surface area contributed by atoms with Crippen molar-refractivity contribution in [2.75, 3.05) is 18.9 Å². The maximum atomic E-state index is 5.37. The quantitative estimate of drug-likeness (QED) is 0.630. The highest BCUT2D eigenvalue weighted by molar-refractivity contribution is 7.99. The van der Waals surface area contributed by atoms with E-state index in [9.17, 15) is 0 Å². The Morgan fingerprint density at radius 2 is 2.67 bits per heavy atom. The Kier molecular flexibility index (Phi) is 3.40. The first-order valence-corrected chi connectivity index (χ1v) is 4.45. The number of thioether (sulfide) groups is 1.